The first-order valence-corrected chi connectivity index (χ1v) is 8.17. The monoisotopic (exact) mass is 328 g/mol. The highest BCUT2D eigenvalue weighted by Gasteiger charge is 2.12. The lowest BCUT2D eigenvalue weighted by Gasteiger charge is -2.09. The lowest BCUT2D eigenvalue weighted by molar-refractivity contribution is 0.642. The average molecular weight is 328 g/mol. The van der Waals surface area contributed by atoms with Gasteiger partial charge in [-0.3, -0.25) is 0 Å². The molecule has 0 N–H and O–H groups in total. The Bertz CT molecular complexity index is 1010. The number of halogens is 1. The molecule has 0 aliphatic heterocycles. The summed E-state index contributed by atoms with van der Waals surface area (Å²) < 4.78 is 16.9. The van der Waals surface area contributed by atoms with E-state index < -0.39 is 0 Å². The summed E-state index contributed by atoms with van der Waals surface area (Å²) in [4.78, 5) is 4.69. The Balaban J connectivity index is 1.92. The molecule has 0 saturated heterocycles. The largest absolute Gasteiger partial charge is 0.350 e. The molecule has 0 amide bonds. The first kappa shape index (κ1) is 15.3. The molecule has 0 aliphatic carbocycles. The van der Waals surface area contributed by atoms with Gasteiger partial charge in [-0.15, -0.1) is 0 Å². The standard InChI is InChI=1S/C22H17FN2/c1-25-15-14-18-20(25)13-12-19(21(18)23)24-22(16-8-4-2-5-9-16)17-10-6-3-7-11-17/h2-15H,1H3. The minimum absolute atomic E-state index is 0.289. The third-order valence-electron chi connectivity index (χ3n) is 4.31. The van der Waals surface area contributed by atoms with Crippen LogP contribution in [0.1, 0.15) is 11.1 Å². The van der Waals surface area contributed by atoms with E-state index in [-0.39, 0.29) is 5.82 Å². The van der Waals surface area contributed by atoms with E-state index >= 15 is 0 Å². The van der Waals surface area contributed by atoms with Crippen LogP contribution in [0, 0.1) is 5.82 Å². The second-order valence-corrected chi connectivity index (χ2v) is 5.95. The molecule has 122 valence electrons. The van der Waals surface area contributed by atoms with Gasteiger partial charge in [-0.1, -0.05) is 60.7 Å². The summed E-state index contributed by atoms with van der Waals surface area (Å²) in [5.41, 5.74) is 3.89. The van der Waals surface area contributed by atoms with Crippen LogP contribution in [0.15, 0.2) is 90.1 Å². The van der Waals surface area contributed by atoms with Crippen molar-refractivity contribution in [3.05, 3.63) is 102 Å². The summed E-state index contributed by atoms with van der Waals surface area (Å²) in [6.07, 6.45) is 1.86. The van der Waals surface area contributed by atoms with Crippen molar-refractivity contribution in [3.8, 4) is 0 Å². The zero-order valence-electron chi connectivity index (χ0n) is 13.9. The van der Waals surface area contributed by atoms with Gasteiger partial charge in [0.05, 0.1) is 11.2 Å². The topological polar surface area (TPSA) is 17.3 Å². The van der Waals surface area contributed by atoms with E-state index in [1.165, 1.54) is 0 Å². The lowest BCUT2D eigenvalue weighted by Crippen LogP contribution is -2.03. The molecule has 3 aromatic carbocycles. The van der Waals surface area contributed by atoms with Crippen LogP contribution in [0.4, 0.5) is 10.1 Å². The van der Waals surface area contributed by atoms with Gasteiger partial charge in [0.2, 0.25) is 0 Å². The van der Waals surface area contributed by atoms with E-state index in [0.717, 1.165) is 22.4 Å². The van der Waals surface area contributed by atoms with Crippen LogP contribution < -0.4 is 0 Å². The Hall–Kier alpha value is -3.20. The van der Waals surface area contributed by atoms with Gasteiger partial charge in [-0.2, -0.15) is 0 Å². The van der Waals surface area contributed by atoms with Gasteiger partial charge in [0.25, 0.3) is 0 Å². The highest BCUT2D eigenvalue weighted by atomic mass is 19.1. The summed E-state index contributed by atoms with van der Waals surface area (Å²) in [5.74, 6) is -0.289. The van der Waals surface area contributed by atoms with Crippen molar-refractivity contribution in [2.45, 2.75) is 0 Å². The zero-order chi connectivity index (χ0) is 17.2. The van der Waals surface area contributed by atoms with Crippen LogP contribution >= 0.6 is 0 Å². The number of nitrogens with zero attached hydrogens (tertiary/aromatic N) is 2. The van der Waals surface area contributed by atoms with Gasteiger partial charge in [0.15, 0.2) is 5.82 Å². The molecule has 2 nitrogen and oxygen atoms in total. The molecule has 4 rings (SSSR count). The first-order valence-electron chi connectivity index (χ1n) is 8.17. The maximum Gasteiger partial charge on any atom is 0.158 e. The molecular weight excluding hydrogens is 311 g/mol. The van der Waals surface area contributed by atoms with Gasteiger partial charge >= 0.3 is 0 Å². The van der Waals surface area contributed by atoms with Crippen molar-refractivity contribution in [1.29, 1.82) is 0 Å². The van der Waals surface area contributed by atoms with E-state index in [9.17, 15) is 4.39 Å². The summed E-state index contributed by atoms with van der Waals surface area (Å²) in [6, 6.07) is 25.2. The quantitative estimate of drug-likeness (QED) is 0.443. The van der Waals surface area contributed by atoms with E-state index in [2.05, 4.69) is 0 Å². The molecule has 0 aliphatic rings. The van der Waals surface area contributed by atoms with Crippen molar-refractivity contribution in [2.75, 3.05) is 0 Å². The van der Waals surface area contributed by atoms with Crippen LogP contribution in [-0.4, -0.2) is 10.3 Å². The van der Waals surface area contributed by atoms with Crippen LogP contribution in [0.25, 0.3) is 10.9 Å². The maximum atomic E-state index is 15.0. The summed E-state index contributed by atoms with van der Waals surface area (Å²) in [7, 11) is 1.91. The normalized spacial score (nSPS) is 10.8. The Labute approximate surface area is 145 Å². The third-order valence-corrected chi connectivity index (χ3v) is 4.31. The minimum atomic E-state index is -0.289. The fourth-order valence-corrected chi connectivity index (χ4v) is 3.00. The molecule has 0 radical (unpaired) electrons. The number of hydrogen-bond acceptors (Lipinski definition) is 1. The summed E-state index contributed by atoms with van der Waals surface area (Å²) in [5, 5.41) is 0.587. The summed E-state index contributed by atoms with van der Waals surface area (Å²) in [6.45, 7) is 0. The predicted octanol–water partition coefficient (Wildman–Crippen LogP) is 5.49. The van der Waals surface area contributed by atoms with Gasteiger partial charge < -0.3 is 4.57 Å². The van der Waals surface area contributed by atoms with Crippen molar-refractivity contribution in [3.63, 3.8) is 0 Å². The molecule has 0 saturated carbocycles. The Morgan fingerprint density at radius 2 is 1.40 bits per heavy atom. The highest BCUT2D eigenvalue weighted by Crippen LogP contribution is 2.28. The first-order chi connectivity index (χ1) is 12.2. The van der Waals surface area contributed by atoms with Crippen LogP contribution in [0.3, 0.4) is 0 Å². The Morgan fingerprint density at radius 3 is 2.00 bits per heavy atom. The van der Waals surface area contributed by atoms with E-state index in [0.29, 0.717) is 11.1 Å². The van der Waals surface area contributed by atoms with Gasteiger partial charge in [0, 0.05) is 29.8 Å². The average Bonchev–Trinajstić information content (AvgIpc) is 3.04. The smallest absolute Gasteiger partial charge is 0.158 e. The molecule has 3 heteroatoms. The Morgan fingerprint density at radius 1 is 0.800 bits per heavy atom. The highest BCUT2D eigenvalue weighted by molar-refractivity contribution is 6.14. The minimum Gasteiger partial charge on any atom is -0.350 e. The van der Waals surface area contributed by atoms with Crippen molar-refractivity contribution in [1.82, 2.24) is 4.57 Å². The molecule has 0 bridgehead atoms. The molecule has 4 aromatic rings. The third kappa shape index (κ3) is 2.85. The number of aryl methyl sites for hydroxylation is 1. The molecule has 0 spiro atoms. The van der Waals surface area contributed by atoms with Gasteiger partial charge in [0.1, 0.15) is 5.69 Å². The molecule has 25 heavy (non-hydrogen) atoms. The summed E-state index contributed by atoms with van der Waals surface area (Å²) >= 11 is 0. The SMILES string of the molecule is Cn1ccc2c(F)c(N=C(c3ccccc3)c3ccccc3)ccc21. The lowest BCUT2D eigenvalue weighted by atomic mass is 10.0. The number of rotatable bonds is 3. The van der Waals surface area contributed by atoms with E-state index in [1.807, 2.05) is 84.5 Å². The van der Waals surface area contributed by atoms with Crippen molar-refractivity contribution < 1.29 is 4.39 Å². The maximum absolute atomic E-state index is 15.0. The molecular formula is C22H17FN2. The molecule has 1 heterocycles. The molecule has 0 fully saturated rings. The fraction of sp³-hybridized carbons (Fsp3) is 0.0455. The number of hydrogen-bond donors (Lipinski definition) is 0. The van der Waals surface area contributed by atoms with E-state index in [4.69, 9.17) is 4.99 Å². The predicted molar refractivity (Wildman–Crippen MR) is 101 cm³/mol. The van der Waals surface area contributed by atoms with Crippen molar-refractivity contribution in [2.24, 2.45) is 12.0 Å². The van der Waals surface area contributed by atoms with Gasteiger partial charge in [-0.05, 0) is 18.2 Å². The second-order valence-electron chi connectivity index (χ2n) is 5.95. The van der Waals surface area contributed by atoms with Crippen LogP contribution in [-0.2, 0) is 7.05 Å². The number of aliphatic imine (C=N–C) groups is 1. The second kappa shape index (κ2) is 6.36. The molecule has 0 atom stereocenters. The van der Waals surface area contributed by atoms with Crippen molar-refractivity contribution >= 4 is 22.3 Å². The number of aromatic nitrogens is 1. The molecule has 1 aromatic heterocycles. The molecule has 0 unspecified atom stereocenters. The Kier molecular flexibility index (Phi) is 3.90. The number of fused-ring (bicyclic) bond motifs is 1. The van der Waals surface area contributed by atoms with Crippen LogP contribution in [0.2, 0.25) is 0 Å². The number of benzene rings is 3. The zero-order valence-corrected chi connectivity index (χ0v) is 13.9. The fourth-order valence-electron chi connectivity index (χ4n) is 3.00. The van der Waals surface area contributed by atoms with E-state index in [1.54, 1.807) is 12.1 Å². The van der Waals surface area contributed by atoms with Crippen LogP contribution in [0.5, 0.6) is 0 Å². The van der Waals surface area contributed by atoms with Gasteiger partial charge in [-0.25, -0.2) is 9.38 Å².